The first-order valence-electron chi connectivity index (χ1n) is 11.3. The predicted octanol–water partition coefficient (Wildman–Crippen LogP) is 4.58. The van der Waals surface area contributed by atoms with Crippen molar-refractivity contribution in [3.8, 4) is 28.8 Å². The highest BCUT2D eigenvalue weighted by atomic mass is 19.1. The van der Waals surface area contributed by atoms with E-state index in [2.05, 4.69) is 32.8 Å². The number of aliphatic hydroxyl groups excluding tert-OH is 1. The summed E-state index contributed by atoms with van der Waals surface area (Å²) in [5.74, 6) is 4.87. The van der Waals surface area contributed by atoms with Crippen molar-refractivity contribution in [3.05, 3.63) is 69.8 Å². The quantitative estimate of drug-likeness (QED) is 0.241. The van der Waals surface area contributed by atoms with Gasteiger partial charge in [-0.25, -0.2) is 9.97 Å². The number of aromatic nitrogens is 3. The van der Waals surface area contributed by atoms with Gasteiger partial charge in [0.1, 0.15) is 11.9 Å². The van der Waals surface area contributed by atoms with E-state index in [1.54, 1.807) is 6.92 Å². The molecule has 1 atom stereocenters. The molecule has 1 aliphatic rings. The lowest BCUT2D eigenvalue weighted by atomic mass is 10.0. The number of ether oxygens (including phenoxy) is 1. The van der Waals surface area contributed by atoms with Gasteiger partial charge in [-0.1, -0.05) is 30.0 Å². The second-order valence-electron chi connectivity index (χ2n) is 8.44. The Balaban J connectivity index is 1.66. The minimum Gasteiger partial charge on any atom is -0.494 e. The summed E-state index contributed by atoms with van der Waals surface area (Å²) < 4.78 is 21.5. The first-order valence-corrected chi connectivity index (χ1v) is 11.3. The Morgan fingerprint density at radius 3 is 2.94 bits per heavy atom. The van der Waals surface area contributed by atoms with Gasteiger partial charge in [-0.2, -0.15) is 4.39 Å². The van der Waals surface area contributed by atoms with Gasteiger partial charge in [0.05, 0.1) is 34.5 Å². The molecule has 10 heteroatoms. The lowest BCUT2D eigenvalue weighted by Crippen LogP contribution is -2.05. The molecule has 4 aromatic rings. The maximum atomic E-state index is 14.1. The third-order valence-corrected chi connectivity index (χ3v) is 6.00. The fraction of sp³-hybridized carbons (Fsp3) is 0.231. The summed E-state index contributed by atoms with van der Waals surface area (Å²) in [4.78, 5) is 19.5. The summed E-state index contributed by atoms with van der Waals surface area (Å²) in [7, 11) is 1.33. The van der Waals surface area contributed by atoms with Gasteiger partial charge in [0.25, 0.3) is 0 Å². The van der Waals surface area contributed by atoms with Crippen LogP contribution in [0.5, 0.6) is 5.75 Å². The van der Waals surface area contributed by atoms with E-state index in [4.69, 9.17) is 9.72 Å². The zero-order valence-electron chi connectivity index (χ0n) is 19.6. The average molecular weight is 487 g/mol. The molecule has 3 heterocycles. The van der Waals surface area contributed by atoms with E-state index in [9.17, 15) is 19.6 Å². The van der Waals surface area contributed by atoms with Crippen molar-refractivity contribution in [2.24, 2.45) is 0 Å². The van der Waals surface area contributed by atoms with Gasteiger partial charge in [-0.3, -0.25) is 10.1 Å². The molecular weight excluding hydrogens is 465 g/mol. The van der Waals surface area contributed by atoms with E-state index in [1.165, 1.54) is 18.9 Å². The molecule has 2 N–H and O–H groups in total. The van der Waals surface area contributed by atoms with Gasteiger partial charge in [-0.15, -0.1) is 0 Å². The molecule has 1 aliphatic heterocycles. The number of rotatable bonds is 5. The van der Waals surface area contributed by atoms with Crippen molar-refractivity contribution in [3.63, 3.8) is 0 Å². The number of nitrogens with zero attached hydrogens (tertiary/aromatic N) is 4. The Morgan fingerprint density at radius 2 is 2.19 bits per heavy atom. The van der Waals surface area contributed by atoms with Crippen molar-refractivity contribution < 1.29 is 19.2 Å². The number of nitro benzene ring substituents is 1. The molecule has 2 aromatic heterocycles. The van der Waals surface area contributed by atoms with Crippen molar-refractivity contribution >= 4 is 28.2 Å². The van der Waals surface area contributed by atoms with Gasteiger partial charge in [0.2, 0.25) is 11.8 Å². The molecule has 2 aromatic carbocycles. The SMILES string of the molecule is COc1cc(F)c([N+](=O)[O-])cc1Nc1ncc(C#CC(C)O)c(-c2cn3c4c(cccc24)CCC3)n1. The lowest BCUT2D eigenvalue weighted by molar-refractivity contribution is -0.387. The Morgan fingerprint density at radius 1 is 1.36 bits per heavy atom. The third-order valence-electron chi connectivity index (χ3n) is 6.00. The predicted molar refractivity (Wildman–Crippen MR) is 133 cm³/mol. The average Bonchev–Trinajstić information content (AvgIpc) is 3.24. The van der Waals surface area contributed by atoms with E-state index in [0.29, 0.717) is 11.3 Å². The van der Waals surface area contributed by atoms with E-state index in [0.717, 1.165) is 48.0 Å². The minimum atomic E-state index is -1.01. The van der Waals surface area contributed by atoms with Crippen LogP contribution >= 0.6 is 0 Å². The number of hydrogen-bond donors (Lipinski definition) is 2. The molecular formula is C26H22FN5O4. The second-order valence-corrected chi connectivity index (χ2v) is 8.44. The zero-order valence-corrected chi connectivity index (χ0v) is 19.6. The number of anilines is 2. The highest BCUT2D eigenvalue weighted by Gasteiger charge is 2.22. The molecule has 0 saturated carbocycles. The zero-order chi connectivity index (χ0) is 25.4. The summed E-state index contributed by atoms with van der Waals surface area (Å²) in [5, 5.41) is 24.9. The normalized spacial score (nSPS) is 13.1. The number of benzene rings is 2. The molecule has 9 nitrogen and oxygen atoms in total. The molecule has 36 heavy (non-hydrogen) atoms. The molecule has 0 radical (unpaired) electrons. The van der Waals surface area contributed by atoms with Crippen molar-refractivity contribution in [2.75, 3.05) is 12.4 Å². The van der Waals surface area contributed by atoms with E-state index in [-0.39, 0.29) is 17.4 Å². The number of nitrogens with one attached hydrogen (secondary N) is 1. The molecule has 0 aliphatic carbocycles. The van der Waals surface area contributed by atoms with Crippen LogP contribution in [-0.2, 0) is 13.0 Å². The topological polar surface area (TPSA) is 115 Å². The molecule has 1 unspecified atom stereocenters. The van der Waals surface area contributed by atoms with Crippen LogP contribution in [-0.4, -0.2) is 37.8 Å². The molecule has 182 valence electrons. The van der Waals surface area contributed by atoms with Crippen LogP contribution in [0, 0.1) is 27.8 Å². The van der Waals surface area contributed by atoms with Gasteiger partial charge in [0, 0.05) is 42.0 Å². The molecule has 0 fully saturated rings. The number of nitro groups is 1. The lowest BCUT2D eigenvalue weighted by Gasteiger charge is -2.14. The first kappa shape index (κ1) is 23.3. The molecule has 0 amide bonds. The van der Waals surface area contributed by atoms with E-state index < -0.39 is 22.5 Å². The third kappa shape index (κ3) is 4.21. The van der Waals surface area contributed by atoms with Gasteiger partial charge in [-0.05, 0) is 25.3 Å². The van der Waals surface area contributed by atoms with Crippen molar-refractivity contribution in [1.29, 1.82) is 0 Å². The smallest absolute Gasteiger partial charge is 0.307 e. The van der Waals surface area contributed by atoms with Crippen LogP contribution in [0.1, 0.15) is 24.5 Å². The minimum absolute atomic E-state index is 0.0633. The molecule has 0 saturated heterocycles. The molecule has 0 bridgehead atoms. The highest BCUT2D eigenvalue weighted by molar-refractivity contribution is 5.98. The number of halogens is 1. The summed E-state index contributed by atoms with van der Waals surface area (Å²) >= 11 is 0. The maximum Gasteiger partial charge on any atom is 0.307 e. The van der Waals surface area contributed by atoms with Crippen LogP contribution < -0.4 is 10.1 Å². The Bertz CT molecular complexity index is 1570. The van der Waals surface area contributed by atoms with Crippen LogP contribution in [0.2, 0.25) is 0 Å². The maximum absolute atomic E-state index is 14.1. The number of para-hydroxylation sites is 1. The summed E-state index contributed by atoms with van der Waals surface area (Å²) in [6, 6.07) is 8.15. The van der Waals surface area contributed by atoms with Crippen LogP contribution in [0.3, 0.4) is 0 Å². The first-order chi connectivity index (χ1) is 17.4. The fourth-order valence-corrected chi connectivity index (χ4v) is 4.44. The Hall–Kier alpha value is -4.49. The summed E-state index contributed by atoms with van der Waals surface area (Å²) in [6.07, 6.45) is 4.76. The standard InChI is InChI=1S/C26H22FN5O4/c1-15(33)8-9-17-13-28-26(29-21-12-22(32(34)35)20(27)11-23(21)36-2)30-24(17)19-14-31-10-4-6-16-5-3-7-18(19)25(16)31/h3,5,7,11-15,33H,4,6,10H2,1-2H3,(H,28,29,30). The van der Waals surface area contributed by atoms with E-state index >= 15 is 0 Å². The van der Waals surface area contributed by atoms with Crippen molar-refractivity contribution in [2.45, 2.75) is 32.4 Å². The molecule has 5 rings (SSSR count). The number of methoxy groups -OCH3 is 1. The number of aryl methyl sites for hydroxylation is 2. The van der Waals surface area contributed by atoms with Gasteiger partial charge in [0.15, 0.2) is 0 Å². The fourth-order valence-electron chi connectivity index (χ4n) is 4.44. The molecule has 0 spiro atoms. The second kappa shape index (κ2) is 9.28. The van der Waals surface area contributed by atoms with Gasteiger partial charge >= 0.3 is 5.69 Å². The van der Waals surface area contributed by atoms with Crippen LogP contribution in [0.15, 0.2) is 42.7 Å². The summed E-state index contributed by atoms with van der Waals surface area (Å²) in [6.45, 7) is 2.45. The van der Waals surface area contributed by atoms with Crippen LogP contribution in [0.25, 0.3) is 22.2 Å². The monoisotopic (exact) mass is 487 g/mol. The number of aliphatic hydroxyl groups is 1. The number of hydrogen-bond acceptors (Lipinski definition) is 7. The highest BCUT2D eigenvalue weighted by Crippen LogP contribution is 2.37. The summed E-state index contributed by atoms with van der Waals surface area (Å²) in [5.41, 5.74) is 3.76. The Kier molecular flexibility index (Phi) is 6.00. The largest absolute Gasteiger partial charge is 0.494 e. The van der Waals surface area contributed by atoms with Gasteiger partial charge < -0.3 is 19.7 Å². The van der Waals surface area contributed by atoms with Crippen LogP contribution in [0.4, 0.5) is 21.7 Å². The Labute approximate surface area is 205 Å². The van der Waals surface area contributed by atoms with E-state index in [1.807, 2.05) is 18.3 Å². The van der Waals surface area contributed by atoms with Crippen molar-refractivity contribution in [1.82, 2.24) is 14.5 Å².